The molecule has 3 nitrogen and oxygen atoms in total. The average Bonchev–Trinajstić information content (AvgIpc) is 2.72. The van der Waals surface area contributed by atoms with Crippen molar-refractivity contribution in [1.82, 2.24) is 9.78 Å². The summed E-state index contributed by atoms with van der Waals surface area (Å²) in [6, 6.07) is 5.75. The summed E-state index contributed by atoms with van der Waals surface area (Å²) >= 11 is 0. The van der Waals surface area contributed by atoms with E-state index >= 15 is 0 Å². The molecule has 0 aliphatic rings. The topological polar surface area (TPSA) is 27.1 Å². The molecule has 0 unspecified atom stereocenters. The van der Waals surface area contributed by atoms with Crippen LogP contribution >= 0.6 is 0 Å². The first-order chi connectivity index (χ1) is 8.86. The van der Waals surface area contributed by atoms with Crippen molar-refractivity contribution < 1.29 is 17.7 Å². The minimum Gasteiger partial charge on any atom is -0.490 e. The Hall–Kier alpha value is -1.92. The summed E-state index contributed by atoms with van der Waals surface area (Å²) in [7, 11) is 1.74. The van der Waals surface area contributed by atoms with E-state index in [1.807, 2.05) is 0 Å². The average molecular weight is 269 g/mol. The largest absolute Gasteiger partial charge is 0.513 e. The first-order valence-electron chi connectivity index (χ1n) is 5.78. The highest BCUT2D eigenvalue weighted by atomic mass is 19.4. The molecule has 7 heteroatoms. The van der Waals surface area contributed by atoms with Crippen molar-refractivity contribution >= 4 is 12.4 Å². The summed E-state index contributed by atoms with van der Waals surface area (Å²) in [4.78, 5) is 0. The van der Waals surface area contributed by atoms with Crippen molar-refractivity contribution in [3.63, 3.8) is 0 Å². The lowest BCUT2D eigenvalue weighted by molar-refractivity contribution is 0.300. The van der Waals surface area contributed by atoms with Crippen molar-refractivity contribution in [3.05, 3.63) is 41.7 Å². The number of halogens is 3. The maximum atomic E-state index is 12.9. The van der Waals surface area contributed by atoms with Crippen molar-refractivity contribution in [2.75, 3.05) is 0 Å². The standard InChI is InChI=1S/C12H13BF3N2O/c1-9-3-4-12(11(7-9)13(14,15)16)19-8-10-5-6-18(2)17-10/h3-7H,8H2,1-2H3/q-1. The molecule has 0 saturated heterocycles. The third kappa shape index (κ3) is 3.30. The monoisotopic (exact) mass is 269 g/mol. The fourth-order valence-electron chi connectivity index (χ4n) is 1.75. The number of ether oxygens (including phenoxy) is 1. The summed E-state index contributed by atoms with van der Waals surface area (Å²) in [5, 5.41) is 4.05. The summed E-state index contributed by atoms with van der Waals surface area (Å²) in [6.45, 7) is -3.45. The van der Waals surface area contributed by atoms with Crippen molar-refractivity contribution in [2.24, 2.45) is 7.05 Å². The van der Waals surface area contributed by atoms with Gasteiger partial charge in [-0.2, -0.15) is 5.10 Å². The second kappa shape index (κ2) is 4.99. The van der Waals surface area contributed by atoms with E-state index < -0.39 is 12.4 Å². The van der Waals surface area contributed by atoms with Crippen LogP contribution in [0, 0.1) is 6.92 Å². The van der Waals surface area contributed by atoms with Gasteiger partial charge in [-0.05, 0) is 19.1 Å². The first-order valence-corrected chi connectivity index (χ1v) is 5.78. The third-order valence-corrected chi connectivity index (χ3v) is 2.66. The molecular formula is C12H13BF3N2O-. The molecule has 0 spiro atoms. The highest BCUT2D eigenvalue weighted by molar-refractivity contribution is 6.74. The minimum absolute atomic E-state index is 0.0169. The smallest absolute Gasteiger partial charge is 0.490 e. The van der Waals surface area contributed by atoms with Gasteiger partial charge in [-0.15, -0.1) is 0 Å². The van der Waals surface area contributed by atoms with Crippen LogP contribution in [-0.2, 0) is 13.7 Å². The molecule has 0 N–H and O–H groups in total. The highest BCUT2D eigenvalue weighted by Gasteiger charge is 2.29. The molecular weight excluding hydrogens is 256 g/mol. The molecule has 0 saturated carbocycles. The molecule has 1 aromatic heterocycles. The zero-order chi connectivity index (χ0) is 14.0. The molecule has 102 valence electrons. The molecule has 0 atom stereocenters. The Morgan fingerprint density at radius 2 is 2.00 bits per heavy atom. The van der Waals surface area contributed by atoms with Crippen LogP contribution in [-0.4, -0.2) is 16.8 Å². The summed E-state index contributed by atoms with van der Waals surface area (Å²) in [5.74, 6) is -0.149. The van der Waals surface area contributed by atoms with Gasteiger partial charge in [0.15, 0.2) is 0 Å². The number of hydrogen-bond acceptors (Lipinski definition) is 2. The maximum absolute atomic E-state index is 12.9. The first kappa shape index (κ1) is 13.5. The van der Waals surface area contributed by atoms with E-state index in [0.29, 0.717) is 11.3 Å². The van der Waals surface area contributed by atoms with Gasteiger partial charge in [0.2, 0.25) is 0 Å². The Bertz CT molecular complexity index is 581. The van der Waals surface area contributed by atoms with Crippen LogP contribution in [0.3, 0.4) is 0 Å². The van der Waals surface area contributed by atoms with Gasteiger partial charge in [-0.1, -0.05) is 23.2 Å². The molecule has 0 radical (unpaired) electrons. The van der Waals surface area contributed by atoms with Crippen LogP contribution in [0.2, 0.25) is 0 Å². The van der Waals surface area contributed by atoms with Gasteiger partial charge in [0.25, 0.3) is 0 Å². The minimum atomic E-state index is -5.09. The van der Waals surface area contributed by atoms with E-state index in [0.717, 1.165) is 6.07 Å². The Balaban J connectivity index is 2.20. The quantitative estimate of drug-likeness (QED) is 0.797. The van der Waals surface area contributed by atoms with E-state index in [4.69, 9.17) is 4.74 Å². The molecule has 19 heavy (non-hydrogen) atoms. The van der Waals surface area contributed by atoms with E-state index in [1.54, 1.807) is 37.0 Å². The van der Waals surface area contributed by atoms with E-state index in [9.17, 15) is 12.9 Å². The molecule has 2 aromatic rings. The van der Waals surface area contributed by atoms with E-state index in [2.05, 4.69) is 5.10 Å². The summed E-state index contributed by atoms with van der Waals surface area (Å²) in [5.41, 5.74) is 0.444. The van der Waals surface area contributed by atoms with Gasteiger partial charge >= 0.3 is 6.98 Å². The van der Waals surface area contributed by atoms with Crippen molar-refractivity contribution in [2.45, 2.75) is 13.5 Å². The Kier molecular flexibility index (Phi) is 3.55. The van der Waals surface area contributed by atoms with E-state index in [-0.39, 0.29) is 12.4 Å². The number of aromatic nitrogens is 2. The highest BCUT2D eigenvalue weighted by Crippen LogP contribution is 2.19. The van der Waals surface area contributed by atoms with Gasteiger partial charge in [0.05, 0.1) is 11.4 Å². The predicted molar refractivity (Wildman–Crippen MR) is 67.4 cm³/mol. The fraction of sp³-hybridized carbons (Fsp3) is 0.250. The number of rotatable bonds is 4. The third-order valence-electron chi connectivity index (χ3n) is 2.66. The molecule has 0 amide bonds. The van der Waals surface area contributed by atoms with Crippen molar-refractivity contribution in [1.29, 1.82) is 0 Å². The van der Waals surface area contributed by atoms with Gasteiger partial charge in [0, 0.05) is 13.2 Å². The van der Waals surface area contributed by atoms with Gasteiger partial charge in [-0.3, -0.25) is 4.68 Å². The van der Waals surface area contributed by atoms with Crippen LogP contribution in [0.15, 0.2) is 30.5 Å². The predicted octanol–water partition coefficient (Wildman–Crippen LogP) is 2.36. The van der Waals surface area contributed by atoms with Crippen LogP contribution in [0.1, 0.15) is 11.3 Å². The van der Waals surface area contributed by atoms with Crippen molar-refractivity contribution in [3.8, 4) is 5.75 Å². The second-order valence-corrected chi connectivity index (χ2v) is 4.39. The Labute approximate surface area is 109 Å². The zero-order valence-corrected chi connectivity index (χ0v) is 10.6. The van der Waals surface area contributed by atoms with E-state index in [1.165, 1.54) is 6.07 Å². The second-order valence-electron chi connectivity index (χ2n) is 4.39. The number of benzene rings is 1. The molecule has 0 bridgehead atoms. The molecule has 2 rings (SSSR count). The molecule has 0 fully saturated rings. The molecule has 0 aliphatic heterocycles. The van der Waals surface area contributed by atoms with Gasteiger partial charge < -0.3 is 17.7 Å². The van der Waals surface area contributed by atoms with Crippen LogP contribution in [0.4, 0.5) is 12.9 Å². The lowest BCUT2D eigenvalue weighted by Crippen LogP contribution is -2.35. The number of hydrogen-bond donors (Lipinski definition) is 0. The lowest BCUT2D eigenvalue weighted by Gasteiger charge is -2.20. The van der Waals surface area contributed by atoms with Crippen LogP contribution in [0.25, 0.3) is 0 Å². The van der Waals surface area contributed by atoms with Gasteiger partial charge in [-0.25, -0.2) is 0 Å². The normalized spacial score (nSPS) is 11.6. The Morgan fingerprint density at radius 3 is 2.58 bits per heavy atom. The van der Waals surface area contributed by atoms with Crippen LogP contribution in [0.5, 0.6) is 5.75 Å². The molecule has 1 aromatic carbocycles. The number of nitrogens with zero attached hydrogens (tertiary/aromatic N) is 2. The van der Waals surface area contributed by atoms with Crippen LogP contribution < -0.4 is 10.2 Å². The maximum Gasteiger partial charge on any atom is 0.513 e. The van der Waals surface area contributed by atoms with Gasteiger partial charge in [0.1, 0.15) is 6.61 Å². The summed E-state index contributed by atoms with van der Waals surface area (Å²) < 4.78 is 45.6. The SMILES string of the molecule is Cc1ccc(OCc2ccn(C)n2)c([B-](F)(F)F)c1. The lowest BCUT2D eigenvalue weighted by atomic mass is 9.78. The summed E-state index contributed by atoms with van der Waals surface area (Å²) in [6.07, 6.45) is 1.71. The Morgan fingerprint density at radius 1 is 1.26 bits per heavy atom. The zero-order valence-electron chi connectivity index (χ0n) is 10.6. The molecule has 0 aliphatic carbocycles. The number of aryl methyl sites for hydroxylation is 2. The fourth-order valence-corrected chi connectivity index (χ4v) is 1.75. The molecule has 1 heterocycles.